The SMILES string of the molecule is C/C(Cc1ccccc1C#N)=N\NC(N)=O. The van der Waals surface area contributed by atoms with Crippen molar-refractivity contribution in [3.8, 4) is 6.07 Å². The topological polar surface area (TPSA) is 91.3 Å². The van der Waals surface area contributed by atoms with E-state index >= 15 is 0 Å². The van der Waals surface area contributed by atoms with Gasteiger partial charge in [0.15, 0.2) is 0 Å². The molecule has 82 valence electrons. The van der Waals surface area contributed by atoms with Crippen LogP contribution in [0.2, 0.25) is 0 Å². The van der Waals surface area contributed by atoms with Crippen LogP contribution in [-0.4, -0.2) is 11.7 Å². The van der Waals surface area contributed by atoms with Crippen molar-refractivity contribution < 1.29 is 4.79 Å². The van der Waals surface area contributed by atoms with Crippen molar-refractivity contribution in [3.05, 3.63) is 35.4 Å². The molecule has 0 aliphatic heterocycles. The minimum atomic E-state index is -0.701. The van der Waals surface area contributed by atoms with Gasteiger partial charge in [0.1, 0.15) is 0 Å². The summed E-state index contributed by atoms with van der Waals surface area (Å²) in [6.07, 6.45) is 0.504. The maximum atomic E-state index is 10.4. The molecule has 5 heteroatoms. The fourth-order valence-electron chi connectivity index (χ4n) is 1.25. The van der Waals surface area contributed by atoms with E-state index in [9.17, 15) is 4.79 Å². The molecule has 16 heavy (non-hydrogen) atoms. The number of hydrogen-bond acceptors (Lipinski definition) is 3. The van der Waals surface area contributed by atoms with Gasteiger partial charge in [-0.05, 0) is 18.6 Å². The number of nitrogens with zero attached hydrogens (tertiary/aromatic N) is 2. The van der Waals surface area contributed by atoms with E-state index in [0.717, 1.165) is 5.56 Å². The summed E-state index contributed by atoms with van der Waals surface area (Å²) in [7, 11) is 0. The second kappa shape index (κ2) is 5.51. The first-order chi connectivity index (χ1) is 7.63. The molecule has 5 nitrogen and oxygen atoms in total. The molecule has 0 heterocycles. The van der Waals surface area contributed by atoms with Crippen LogP contribution in [0.3, 0.4) is 0 Å². The standard InChI is InChI=1S/C11H12N4O/c1-8(14-15-11(13)16)6-9-4-2-3-5-10(9)7-12/h2-5H,6H2,1H3,(H3,13,15,16)/b14-8+. The fourth-order valence-corrected chi connectivity index (χ4v) is 1.25. The van der Waals surface area contributed by atoms with Crippen LogP contribution in [0, 0.1) is 11.3 Å². The number of nitriles is 1. The molecule has 0 aromatic heterocycles. The van der Waals surface area contributed by atoms with Gasteiger partial charge in [-0.3, -0.25) is 0 Å². The van der Waals surface area contributed by atoms with Crippen molar-refractivity contribution >= 4 is 11.7 Å². The zero-order valence-electron chi connectivity index (χ0n) is 8.90. The summed E-state index contributed by atoms with van der Waals surface area (Å²) in [5.74, 6) is 0. The quantitative estimate of drug-likeness (QED) is 0.586. The zero-order chi connectivity index (χ0) is 12.0. The Kier molecular flexibility index (Phi) is 4.04. The normalized spacial score (nSPS) is 10.6. The second-order valence-corrected chi connectivity index (χ2v) is 3.27. The number of hydrogen-bond donors (Lipinski definition) is 2. The first kappa shape index (κ1) is 11.7. The summed E-state index contributed by atoms with van der Waals surface area (Å²) in [6.45, 7) is 1.75. The van der Waals surface area contributed by atoms with Crippen LogP contribution in [0.25, 0.3) is 0 Å². The molecule has 1 aromatic carbocycles. The highest BCUT2D eigenvalue weighted by atomic mass is 16.2. The third kappa shape index (κ3) is 3.42. The summed E-state index contributed by atoms with van der Waals surface area (Å²) in [4.78, 5) is 10.4. The van der Waals surface area contributed by atoms with Crippen LogP contribution in [0.5, 0.6) is 0 Å². The average Bonchev–Trinajstić information content (AvgIpc) is 2.27. The number of nitrogens with two attached hydrogens (primary N) is 1. The Labute approximate surface area is 93.6 Å². The lowest BCUT2D eigenvalue weighted by atomic mass is 10.0. The van der Waals surface area contributed by atoms with Crippen molar-refractivity contribution in [2.75, 3.05) is 0 Å². The average molecular weight is 216 g/mol. The van der Waals surface area contributed by atoms with E-state index in [1.54, 1.807) is 19.1 Å². The van der Waals surface area contributed by atoms with Gasteiger partial charge in [-0.1, -0.05) is 18.2 Å². The Morgan fingerprint density at radius 2 is 2.25 bits per heavy atom. The molecule has 1 aromatic rings. The maximum Gasteiger partial charge on any atom is 0.332 e. The Morgan fingerprint density at radius 3 is 2.88 bits per heavy atom. The van der Waals surface area contributed by atoms with Crippen LogP contribution in [-0.2, 0) is 6.42 Å². The molecule has 0 spiro atoms. The van der Waals surface area contributed by atoms with E-state index in [4.69, 9.17) is 11.0 Å². The number of carbonyl (C=O) groups excluding carboxylic acids is 1. The molecule has 0 bridgehead atoms. The van der Waals surface area contributed by atoms with Gasteiger partial charge in [0.2, 0.25) is 0 Å². The molecule has 3 N–H and O–H groups in total. The van der Waals surface area contributed by atoms with Crippen LogP contribution in [0.1, 0.15) is 18.1 Å². The third-order valence-electron chi connectivity index (χ3n) is 1.94. The summed E-state index contributed by atoms with van der Waals surface area (Å²) >= 11 is 0. The lowest BCUT2D eigenvalue weighted by Crippen LogP contribution is -2.25. The van der Waals surface area contributed by atoms with Crippen molar-refractivity contribution in [2.24, 2.45) is 10.8 Å². The molecule has 0 saturated carbocycles. The number of nitrogens with one attached hydrogen (secondary N) is 1. The molecule has 0 fully saturated rings. The number of amides is 2. The molecule has 0 aliphatic rings. The minimum absolute atomic E-state index is 0.504. The lowest BCUT2D eigenvalue weighted by molar-refractivity contribution is 0.249. The molecule has 0 unspecified atom stereocenters. The molecule has 0 atom stereocenters. The van der Waals surface area contributed by atoms with Crippen molar-refractivity contribution in [2.45, 2.75) is 13.3 Å². The van der Waals surface area contributed by atoms with E-state index in [2.05, 4.69) is 16.6 Å². The van der Waals surface area contributed by atoms with Gasteiger partial charge in [-0.2, -0.15) is 10.4 Å². The van der Waals surface area contributed by atoms with Gasteiger partial charge >= 0.3 is 6.03 Å². The largest absolute Gasteiger partial charge is 0.350 e. The first-order valence-electron chi connectivity index (χ1n) is 4.70. The van der Waals surface area contributed by atoms with Gasteiger partial charge in [0.25, 0.3) is 0 Å². The molecule has 2 amide bonds. The predicted octanol–water partition coefficient (Wildman–Crippen LogP) is 1.14. The first-order valence-corrected chi connectivity index (χ1v) is 4.70. The Balaban J connectivity index is 2.77. The van der Waals surface area contributed by atoms with Crippen molar-refractivity contribution in [1.82, 2.24) is 5.43 Å². The van der Waals surface area contributed by atoms with Gasteiger partial charge in [0, 0.05) is 12.1 Å². The molecule has 0 saturated heterocycles. The monoisotopic (exact) mass is 216 g/mol. The van der Waals surface area contributed by atoms with Gasteiger partial charge < -0.3 is 5.73 Å². The van der Waals surface area contributed by atoms with E-state index in [1.807, 2.05) is 12.1 Å². The van der Waals surface area contributed by atoms with Crippen molar-refractivity contribution in [3.63, 3.8) is 0 Å². The van der Waals surface area contributed by atoms with Crippen LogP contribution < -0.4 is 11.2 Å². The fraction of sp³-hybridized carbons (Fsp3) is 0.182. The number of rotatable bonds is 3. The van der Waals surface area contributed by atoms with E-state index in [0.29, 0.717) is 17.7 Å². The zero-order valence-corrected chi connectivity index (χ0v) is 8.90. The van der Waals surface area contributed by atoms with Crippen LogP contribution in [0.4, 0.5) is 4.79 Å². The number of benzene rings is 1. The smallest absolute Gasteiger partial charge is 0.332 e. The number of urea groups is 1. The van der Waals surface area contributed by atoms with Gasteiger partial charge in [-0.25, -0.2) is 10.2 Å². The third-order valence-corrected chi connectivity index (χ3v) is 1.94. The Morgan fingerprint density at radius 1 is 1.56 bits per heavy atom. The Bertz CT molecular complexity index is 459. The number of carbonyl (C=O) groups is 1. The predicted molar refractivity (Wildman–Crippen MR) is 60.7 cm³/mol. The maximum absolute atomic E-state index is 10.4. The number of hydrazone groups is 1. The lowest BCUT2D eigenvalue weighted by Gasteiger charge is -2.03. The van der Waals surface area contributed by atoms with E-state index in [-0.39, 0.29) is 0 Å². The summed E-state index contributed by atoms with van der Waals surface area (Å²) < 4.78 is 0. The van der Waals surface area contributed by atoms with Crippen molar-refractivity contribution in [1.29, 1.82) is 5.26 Å². The van der Waals surface area contributed by atoms with Gasteiger partial charge in [0.05, 0.1) is 11.6 Å². The Hall–Kier alpha value is -2.35. The second-order valence-electron chi connectivity index (χ2n) is 3.27. The molecule has 0 radical (unpaired) electrons. The van der Waals surface area contributed by atoms with Crippen LogP contribution >= 0.6 is 0 Å². The molecular weight excluding hydrogens is 204 g/mol. The molecule has 0 aliphatic carbocycles. The van der Waals surface area contributed by atoms with Crippen LogP contribution in [0.15, 0.2) is 29.4 Å². The summed E-state index contributed by atoms with van der Waals surface area (Å²) in [5.41, 5.74) is 9.19. The summed E-state index contributed by atoms with van der Waals surface area (Å²) in [5, 5.41) is 12.6. The van der Waals surface area contributed by atoms with E-state index in [1.165, 1.54) is 0 Å². The van der Waals surface area contributed by atoms with E-state index < -0.39 is 6.03 Å². The highest BCUT2D eigenvalue weighted by Crippen LogP contribution is 2.08. The highest BCUT2D eigenvalue weighted by Gasteiger charge is 2.02. The minimum Gasteiger partial charge on any atom is -0.350 e. The van der Waals surface area contributed by atoms with Gasteiger partial charge in [-0.15, -0.1) is 0 Å². The number of primary amides is 1. The summed E-state index contributed by atoms with van der Waals surface area (Å²) in [6, 6.07) is 8.64. The highest BCUT2D eigenvalue weighted by molar-refractivity contribution is 5.86. The molecule has 1 rings (SSSR count). The molecular formula is C11H12N4O.